The third-order valence-corrected chi connectivity index (χ3v) is 2.85. The fourth-order valence-corrected chi connectivity index (χ4v) is 1.78. The van der Waals surface area contributed by atoms with Crippen molar-refractivity contribution in [1.29, 1.82) is 0 Å². The van der Waals surface area contributed by atoms with E-state index in [0.29, 0.717) is 23.3 Å². The van der Waals surface area contributed by atoms with E-state index >= 15 is 0 Å². The highest BCUT2D eigenvalue weighted by Crippen LogP contribution is 2.17. The number of ether oxygens (including phenoxy) is 1. The Kier molecular flexibility index (Phi) is 3.85. The van der Waals surface area contributed by atoms with Gasteiger partial charge in [-0.2, -0.15) is 0 Å². The molecule has 0 saturated carbocycles. The zero-order chi connectivity index (χ0) is 13.8. The molecule has 5 nitrogen and oxygen atoms in total. The Hall–Kier alpha value is -2.30. The Balaban J connectivity index is 2.42. The van der Waals surface area contributed by atoms with Gasteiger partial charge in [-0.25, -0.2) is 4.79 Å². The maximum Gasteiger partial charge on any atom is 0.341 e. The number of carbonyl (C=O) groups is 1. The van der Waals surface area contributed by atoms with Gasteiger partial charge >= 0.3 is 5.97 Å². The molecule has 1 aromatic carbocycles. The highest BCUT2D eigenvalue weighted by atomic mass is 16.5. The summed E-state index contributed by atoms with van der Waals surface area (Å²) in [7, 11) is 0. The number of pyridine rings is 1. The molecule has 2 rings (SSSR count). The zero-order valence-electron chi connectivity index (χ0n) is 10.6. The summed E-state index contributed by atoms with van der Waals surface area (Å²) < 4.78 is 5.51. The number of aromatic carboxylic acids is 1. The number of hydrogen-bond donors (Lipinski definition) is 2. The molecule has 1 heterocycles. The van der Waals surface area contributed by atoms with E-state index in [2.05, 4.69) is 11.9 Å². The Morgan fingerprint density at radius 2 is 2.21 bits per heavy atom. The van der Waals surface area contributed by atoms with Gasteiger partial charge < -0.3 is 14.8 Å². The Morgan fingerprint density at radius 3 is 2.89 bits per heavy atom. The zero-order valence-corrected chi connectivity index (χ0v) is 10.6. The van der Waals surface area contributed by atoms with Gasteiger partial charge in [-0.1, -0.05) is 13.3 Å². The summed E-state index contributed by atoms with van der Waals surface area (Å²) in [5.41, 5.74) is -0.168. The van der Waals surface area contributed by atoms with E-state index in [0.717, 1.165) is 12.8 Å². The first-order chi connectivity index (χ1) is 9.13. The van der Waals surface area contributed by atoms with Crippen LogP contribution in [0.1, 0.15) is 30.1 Å². The highest BCUT2D eigenvalue weighted by Gasteiger charge is 2.11. The summed E-state index contributed by atoms with van der Waals surface area (Å²) in [5, 5.41) is 9.24. The normalized spacial score (nSPS) is 10.6. The number of H-pyrrole nitrogens is 1. The summed E-state index contributed by atoms with van der Waals surface area (Å²) in [6.45, 7) is 2.64. The first-order valence-electron chi connectivity index (χ1n) is 6.15. The van der Waals surface area contributed by atoms with Crippen molar-refractivity contribution in [3.63, 3.8) is 0 Å². The molecule has 19 heavy (non-hydrogen) atoms. The van der Waals surface area contributed by atoms with Gasteiger partial charge in [-0.05, 0) is 24.6 Å². The van der Waals surface area contributed by atoms with Crippen LogP contribution < -0.4 is 10.2 Å². The topological polar surface area (TPSA) is 79.4 Å². The number of aromatic amines is 1. The minimum Gasteiger partial charge on any atom is -0.494 e. The fraction of sp³-hybridized carbons (Fsp3) is 0.286. The molecule has 0 spiro atoms. The van der Waals surface area contributed by atoms with Crippen molar-refractivity contribution in [1.82, 2.24) is 4.98 Å². The molecule has 0 amide bonds. The second-order valence-electron chi connectivity index (χ2n) is 4.25. The molecule has 2 aromatic rings. The van der Waals surface area contributed by atoms with Crippen LogP contribution in [0.2, 0.25) is 0 Å². The van der Waals surface area contributed by atoms with Gasteiger partial charge in [0.05, 0.1) is 12.0 Å². The summed E-state index contributed by atoms with van der Waals surface area (Å²) in [6, 6.07) is 5.05. The average molecular weight is 261 g/mol. The molecule has 2 N–H and O–H groups in total. The fourth-order valence-electron chi connectivity index (χ4n) is 1.78. The van der Waals surface area contributed by atoms with E-state index in [4.69, 9.17) is 9.84 Å². The lowest BCUT2D eigenvalue weighted by Gasteiger charge is -2.06. The minimum atomic E-state index is -1.24. The summed E-state index contributed by atoms with van der Waals surface area (Å²) >= 11 is 0. The van der Waals surface area contributed by atoms with Gasteiger partial charge in [0.1, 0.15) is 11.3 Å². The number of unbranched alkanes of at least 4 members (excludes halogenated alkanes) is 1. The van der Waals surface area contributed by atoms with Gasteiger partial charge in [0.2, 0.25) is 5.43 Å². The van der Waals surface area contributed by atoms with Gasteiger partial charge in [0.15, 0.2) is 0 Å². The molecule has 0 aliphatic carbocycles. The number of benzene rings is 1. The van der Waals surface area contributed by atoms with E-state index in [1.54, 1.807) is 18.2 Å². The average Bonchev–Trinajstić information content (AvgIpc) is 2.39. The molecule has 100 valence electrons. The van der Waals surface area contributed by atoms with E-state index in [1.165, 1.54) is 6.20 Å². The van der Waals surface area contributed by atoms with Crippen LogP contribution in [0.15, 0.2) is 29.2 Å². The van der Waals surface area contributed by atoms with Gasteiger partial charge in [-0.3, -0.25) is 4.79 Å². The third-order valence-electron chi connectivity index (χ3n) is 2.85. The van der Waals surface area contributed by atoms with Crippen molar-refractivity contribution in [2.75, 3.05) is 6.61 Å². The molecule has 1 aromatic heterocycles. The van der Waals surface area contributed by atoms with E-state index in [-0.39, 0.29) is 5.56 Å². The number of aromatic nitrogens is 1. The lowest BCUT2D eigenvalue weighted by Crippen LogP contribution is -2.15. The van der Waals surface area contributed by atoms with Crippen molar-refractivity contribution in [2.45, 2.75) is 19.8 Å². The lowest BCUT2D eigenvalue weighted by atomic mass is 10.1. The molecule has 0 saturated heterocycles. The molecule has 5 heteroatoms. The van der Waals surface area contributed by atoms with Gasteiger partial charge in [0, 0.05) is 11.7 Å². The predicted molar refractivity (Wildman–Crippen MR) is 71.9 cm³/mol. The Morgan fingerprint density at radius 1 is 1.42 bits per heavy atom. The van der Waals surface area contributed by atoms with E-state index < -0.39 is 11.4 Å². The smallest absolute Gasteiger partial charge is 0.341 e. The molecule has 0 unspecified atom stereocenters. The molecule has 0 bridgehead atoms. The van der Waals surface area contributed by atoms with Crippen LogP contribution in [-0.4, -0.2) is 22.7 Å². The second kappa shape index (κ2) is 5.56. The first kappa shape index (κ1) is 13.1. The molecule has 0 aliphatic heterocycles. The number of nitrogens with one attached hydrogen (secondary N) is 1. The number of carboxylic acids is 1. The molecule has 0 fully saturated rings. The minimum absolute atomic E-state index is 0.266. The SMILES string of the molecule is CCCCOc1ccc2[nH]cc(C(=O)O)c(=O)c2c1. The van der Waals surface area contributed by atoms with Crippen molar-refractivity contribution in [3.05, 3.63) is 40.2 Å². The molecular formula is C14H15NO4. The van der Waals surface area contributed by atoms with Crippen molar-refractivity contribution >= 4 is 16.9 Å². The number of rotatable bonds is 5. The second-order valence-corrected chi connectivity index (χ2v) is 4.25. The maximum atomic E-state index is 12.0. The van der Waals surface area contributed by atoms with Crippen LogP contribution >= 0.6 is 0 Å². The Labute approximate surface area is 109 Å². The van der Waals surface area contributed by atoms with Crippen LogP contribution in [0.3, 0.4) is 0 Å². The van der Waals surface area contributed by atoms with Crippen LogP contribution in [0.5, 0.6) is 5.75 Å². The third kappa shape index (κ3) is 2.76. The van der Waals surface area contributed by atoms with Gasteiger partial charge in [0.25, 0.3) is 0 Å². The summed E-state index contributed by atoms with van der Waals surface area (Å²) in [6.07, 6.45) is 3.17. The van der Waals surface area contributed by atoms with E-state index in [9.17, 15) is 9.59 Å². The molecule has 0 aliphatic rings. The van der Waals surface area contributed by atoms with Crippen molar-refractivity contribution in [3.8, 4) is 5.75 Å². The summed E-state index contributed by atoms with van der Waals surface area (Å²) in [5.74, 6) is -0.658. The first-order valence-corrected chi connectivity index (χ1v) is 6.15. The van der Waals surface area contributed by atoms with Crippen molar-refractivity contribution in [2.24, 2.45) is 0 Å². The number of fused-ring (bicyclic) bond motifs is 1. The maximum absolute atomic E-state index is 12.0. The van der Waals surface area contributed by atoms with Crippen LogP contribution in [0.25, 0.3) is 10.9 Å². The molecule has 0 atom stereocenters. The standard InChI is InChI=1S/C14H15NO4/c1-2-3-6-19-9-4-5-12-10(7-9)13(16)11(8-15-12)14(17)18/h4-5,7-8H,2-3,6H2,1H3,(H,15,16)(H,17,18). The predicted octanol–water partition coefficient (Wildman–Crippen LogP) is 2.41. The summed E-state index contributed by atoms with van der Waals surface area (Å²) in [4.78, 5) is 25.7. The van der Waals surface area contributed by atoms with Gasteiger partial charge in [-0.15, -0.1) is 0 Å². The molecule has 0 radical (unpaired) electrons. The quantitative estimate of drug-likeness (QED) is 0.810. The largest absolute Gasteiger partial charge is 0.494 e. The van der Waals surface area contributed by atoms with Crippen LogP contribution in [0, 0.1) is 0 Å². The van der Waals surface area contributed by atoms with Crippen LogP contribution in [-0.2, 0) is 0 Å². The molecular weight excluding hydrogens is 246 g/mol. The number of carboxylic acid groups (broad SMARTS) is 1. The van der Waals surface area contributed by atoms with Crippen LogP contribution in [0.4, 0.5) is 0 Å². The monoisotopic (exact) mass is 261 g/mol. The highest BCUT2D eigenvalue weighted by molar-refractivity contribution is 5.92. The number of hydrogen-bond acceptors (Lipinski definition) is 3. The van der Waals surface area contributed by atoms with E-state index in [1.807, 2.05) is 0 Å². The Bertz CT molecular complexity index is 660. The van der Waals surface area contributed by atoms with Crippen molar-refractivity contribution < 1.29 is 14.6 Å². The lowest BCUT2D eigenvalue weighted by molar-refractivity contribution is 0.0695.